The molecule has 9 heteroatoms. The molecule has 4 heterocycles. The van der Waals surface area contributed by atoms with Gasteiger partial charge in [0, 0.05) is 49.5 Å². The first-order valence-corrected chi connectivity index (χ1v) is 11.9. The molecule has 0 amide bonds. The maximum Gasteiger partial charge on any atom is 0.151 e. The number of rotatable bonds is 4. The monoisotopic (exact) mass is 460 g/mol. The van der Waals surface area contributed by atoms with E-state index in [1.54, 1.807) is 12.4 Å². The molecule has 0 N–H and O–H groups in total. The molecule has 6 rings (SSSR count). The third-order valence-electron chi connectivity index (χ3n) is 7.15. The minimum Gasteiger partial charge on any atom is -0.355 e. The summed E-state index contributed by atoms with van der Waals surface area (Å²) < 4.78 is 2.25. The molecule has 0 bridgehead atoms. The van der Waals surface area contributed by atoms with Gasteiger partial charge >= 0.3 is 0 Å². The first-order chi connectivity index (χ1) is 16.1. The zero-order valence-electron chi connectivity index (χ0n) is 18.4. The molecule has 0 atom stereocenters. The first kappa shape index (κ1) is 20.6. The van der Waals surface area contributed by atoms with Crippen LogP contribution in [0, 0.1) is 16.7 Å². The first-order valence-electron chi connectivity index (χ1n) is 11.5. The number of halogens is 1. The molecule has 3 aliphatic rings. The fraction of sp³-hybridized carbons (Fsp3) is 0.458. The van der Waals surface area contributed by atoms with E-state index in [1.807, 2.05) is 18.3 Å². The van der Waals surface area contributed by atoms with E-state index >= 15 is 0 Å². The van der Waals surface area contributed by atoms with Gasteiger partial charge < -0.3 is 4.90 Å². The van der Waals surface area contributed by atoms with Crippen molar-refractivity contribution in [1.82, 2.24) is 29.6 Å². The molecule has 2 aliphatic heterocycles. The van der Waals surface area contributed by atoms with E-state index in [1.165, 1.54) is 0 Å². The standard InChI is InChI=1S/C24H25ClN8/c25-19-1-2-20-18(11-19)13-31(16-24(15-26)5-6-24)14-22-29-30-23(33(20)22)17-3-9-32(10-4-17)21-12-27-7-8-28-21/h1-2,7-8,11-12,17H,3-6,9-10,13-14,16H2. The predicted molar refractivity (Wildman–Crippen MR) is 124 cm³/mol. The number of hydrogen-bond donors (Lipinski definition) is 0. The number of nitriles is 1. The Morgan fingerprint density at radius 3 is 2.70 bits per heavy atom. The summed E-state index contributed by atoms with van der Waals surface area (Å²) in [6.07, 6.45) is 9.20. The number of aromatic nitrogens is 5. The van der Waals surface area contributed by atoms with Crippen LogP contribution in [0.1, 0.15) is 48.8 Å². The van der Waals surface area contributed by atoms with Gasteiger partial charge in [-0.25, -0.2) is 4.98 Å². The lowest BCUT2D eigenvalue weighted by atomic mass is 9.95. The van der Waals surface area contributed by atoms with E-state index in [0.29, 0.717) is 12.5 Å². The summed E-state index contributed by atoms with van der Waals surface area (Å²) in [7, 11) is 0. The second kappa shape index (κ2) is 8.08. The SMILES string of the molecule is N#CC1(CN2Cc3cc(Cl)ccc3-n3c(nnc3C3CCN(c4cnccn4)CC3)C2)CC1. The van der Waals surface area contributed by atoms with Crippen LogP contribution in [-0.4, -0.2) is 49.3 Å². The number of nitrogens with zero attached hydrogens (tertiary/aromatic N) is 8. The fourth-order valence-electron chi connectivity index (χ4n) is 5.17. The molecular formula is C24H25ClN8. The lowest BCUT2D eigenvalue weighted by Crippen LogP contribution is -2.34. The van der Waals surface area contributed by atoms with Gasteiger partial charge in [0.2, 0.25) is 0 Å². The van der Waals surface area contributed by atoms with Gasteiger partial charge in [-0.3, -0.25) is 14.5 Å². The second-order valence-corrected chi connectivity index (χ2v) is 9.88. The summed E-state index contributed by atoms with van der Waals surface area (Å²) in [6.45, 7) is 4.02. The molecule has 1 aromatic carbocycles. The van der Waals surface area contributed by atoms with Crippen LogP contribution in [0.5, 0.6) is 0 Å². The fourth-order valence-corrected chi connectivity index (χ4v) is 5.37. The molecule has 2 aromatic heterocycles. The van der Waals surface area contributed by atoms with Gasteiger partial charge in [0.1, 0.15) is 11.6 Å². The number of hydrogen-bond acceptors (Lipinski definition) is 7. The lowest BCUT2D eigenvalue weighted by Gasteiger charge is -2.32. The van der Waals surface area contributed by atoms with E-state index in [9.17, 15) is 5.26 Å². The smallest absolute Gasteiger partial charge is 0.151 e. The third kappa shape index (κ3) is 3.85. The van der Waals surface area contributed by atoms with Gasteiger partial charge in [0.05, 0.1) is 29.9 Å². The van der Waals surface area contributed by atoms with Gasteiger partial charge in [0.15, 0.2) is 5.82 Å². The summed E-state index contributed by atoms with van der Waals surface area (Å²) in [5, 5.41) is 19.7. The molecule has 8 nitrogen and oxygen atoms in total. The number of fused-ring (bicyclic) bond motifs is 3. The molecule has 1 saturated carbocycles. The molecule has 2 fully saturated rings. The Hall–Kier alpha value is -3.02. The Morgan fingerprint density at radius 1 is 1.12 bits per heavy atom. The average molecular weight is 461 g/mol. The van der Waals surface area contributed by atoms with E-state index in [0.717, 1.165) is 85.6 Å². The highest BCUT2D eigenvalue weighted by Crippen LogP contribution is 2.46. The van der Waals surface area contributed by atoms with Gasteiger partial charge in [-0.1, -0.05) is 11.6 Å². The van der Waals surface area contributed by atoms with Crippen molar-refractivity contribution >= 4 is 17.4 Å². The van der Waals surface area contributed by atoms with E-state index in [-0.39, 0.29) is 5.41 Å². The van der Waals surface area contributed by atoms with Crippen LogP contribution in [0.25, 0.3) is 5.69 Å². The van der Waals surface area contributed by atoms with Crippen LogP contribution in [0.3, 0.4) is 0 Å². The van der Waals surface area contributed by atoms with Crippen LogP contribution >= 0.6 is 11.6 Å². The van der Waals surface area contributed by atoms with Crippen molar-refractivity contribution in [2.45, 2.75) is 44.7 Å². The molecule has 1 aliphatic carbocycles. The van der Waals surface area contributed by atoms with Gasteiger partial charge in [-0.15, -0.1) is 10.2 Å². The number of piperidine rings is 1. The van der Waals surface area contributed by atoms with Crippen LogP contribution in [0.2, 0.25) is 5.02 Å². The van der Waals surface area contributed by atoms with Crippen molar-refractivity contribution in [2.24, 2.45) is 5.41 Å². The Balaban J connectivity index is 1.30. The van der Waals surface area contributed by atoms with Crippen molar-refractivity contribution in [1.29, 1.82) is 5.26 Å². The average Bonchev–Trinajstić information content (AvgIpc) is 3.54. The zero-order chi connectivity index (χ0) is 22.4. The highest BCUT2D eigenvalue weighted by atomic mass is 35.5. The van der Waals surface area contributed by atoms with E-state index < -0.39 is 0 Å². The number of benzene rings is 1. The van der Waals surface area contributed by atoms with Crippen molar-refractivity contribution in [3.05, 3.63) is 59.0 Å². The molecule has 168 valence electrons. The Bertz CT molecular complexity index is 1200. The van der Waals surface area contributed by atoms with Crippen LogP contribution in [-0.2, 0) is 13.1 Å². The van der Waals surface area contributed by atoms with Crippen molar-refractivity contribution in [3.63, 3.8) is 0 Å². The van der Waals surface area contributed by atoms with Crippen molar-refractivity contribution in [3.8, 4) is 11.8 Å². The molecule has 0 unspecified atom stereocenters. The van der Waals surface area contributed by atoms with Crippen molar-refractivity contribution < 1.29 is 0 Å². The summed E-state index contributed by atoms with van der Waals surface area (Å²) in [6, 6.07) is 8.61. The topological polar surface area (TPSA) is 86.8 Å². The maximum absolute atomic E-state index is 9.63. The Kier molecular flexibility index (Phi) is 5.04. The quantitative estimate of drug-likeness (QED) is 0.586. The van der Waals surface area contributed by atoms with Gasteiger partial charge in [0.25, 0.3) is 0 Å². The molecule has 33 heavy (non-hydrogen) atoms. The largest absolute Gasteiger partial charge is 0.355 e. The van der Waals surface area contributed by atoms with Crippen LogP contribution in [0.15, 0.2) is 36.8 Å². The number of anilines is 1. The summed E-state index contributed by atoms with van der Waals surface area (Å²) in [5.74, 6) is 3.22. The molecule has 3 aromatic rings. The normalized spacial score (nSPS) is 19.9. The summed E-state index contributed by atoms with van der Waals surface area (Å²) in [5.41, 5.74) is 2.06. The molecule has 0 radical (unpaired) electrons. The minimum atomic E-state index is -0.204. The second-order valence-electron chi connectivity index (χ2n) is 9.45. The van der Waals surface area contributed by atoms with Gasteiger partial charge in [-0.2, -0.15) is 5.26 Å². The van der Waals surface area contributed by atoms with Crippen molar-refractivity contribution in [2.75, 3.05) is 24.5 Å². The van der Waals surface area contributed by atoms with Crippen LogP contribution in [0.4, 0.5) is 5.82 Å². The summed E-state index contributed by atoms with van der Waals surface area (Å²) >= 11 is 6.39. The van der Waals surface area contributed by atoms with E-state index in [4.69, 9.17) is 16.7 Å². The maximum atomic E-state index is 9.63. The molecular weight excluding hydrogens is 436 g/mol. The highest BCUT2D eigenvalue weighted by Gasteiger charge is 2.45. The zero-order valence-corrected chi connectivity index (χ0v) is 19.1. The predicted octanol–water partition coefficient (Wildman–Crippen LogP) is 3.71. The van der Waals surface area contributed by atoms with Crippen LogP contribution < -0.4 is 4.90 Å². The third-order valence-corrected chi connectivity index (χ3v) is 7.38. The van der Waals surface area contributed by atoms with Gasteiger partial charge in [-0.05, 0) is 49.4 Å². The minimum absolute atomic E-state index is 0.204. The molecule has 1 saturated heterocycles. The highest BCUT2D eigenvalue weighted by molar-refractivity contribution is 6.30. The molecule has 0 spiro atoms. The summed E-state index contributed by atoms with van der Waals surface area (Å²) in [4.78, 5) is 13.3. The Labute approximate surface area is 197 Å². The lowest BCUT2D eigenvalue weighted by molar-refractivity contribution is 0.223. The van der Waals surface area contributed by atoms with E-state index in [2.05, 4.69) is 41.6 Å². The Morgan fingerprint density at radius 2 is 1.97 bits per heavy atom.